The van der Waals surface area contributed by atoms with Crippen LogP contribution in [0.4, 0.5) is 14.6 Å². The van der Waals surface area contributed by atoms with E-state index in [1.165, 1.54) is 17.4 Å². The third-order valence-electron chi connectivity index (χ3n) is 6.05. The lowest BCUT2D eigenvalue weighted by atomic mass is 9.94. The number of carbonyl (C=O) groups excluding carboxylic acids is 1. The SMILES string of the molecule is Cc1c(Cl)cc(C(C)n2nc(C)c3c(N)ncnc32)c(OCC(F)F)c1-c1ccc(C(=O)N(C)C)nc1. The molecule has 1 amide bonds. The molecule has 0 saturated heterocycles. The lowest BCUT2D eigenvalue weighted by Gasteiger charge is -2.23. The largest absolute Gasteiger partial charge is 0.487 e. The van der Waals surface area contributed by atoms with Gasteiger partial charge in [0.2, 0.25) is 0 Å². The molecular formula is C25H26ClF2N7O2. The maximum absolute atomic E-state index is 13.3. The van der Waals surface area contributed by atoms with E-state index in [4.69, 9.17) is 22.1 Å². The average Bonchev–Trinajstić information content (AvgIpc) is 3.21. The number of alkyl halides is 2. The molecule has 1 aromatic carbocycles. The van der Waals surface area contributed by atoms with E-state index in [1.54, 1.807) is 50.8 Å². The summed E-state index contributed by atoms with van der Waals surface area (Å²) in [5, 5.41) is 5.60. The average molecular weight is 530 g/mol. The predicted octanol–water partition coefficient (Wildman–Crippen LogP) is 4.70. The van der Waals surface area contributed by atoms with E-state index in [0.717, 1.165) is 0 Å². The molecule has 1 unspecified atom stereocenters. The van der Waals surface area contributed by atoms with Gasteiger partial charge in [-0.3, -0.25) is 9.78 Å². The van der Waals surface area contributed by atoms with Crippen molar-refractivity contribution in [3.8, 4) is 16.9 Å². The van der Waals surface area contributed by atoms with E-state index in [1.807, 2.05) is 6.92 Å². The molecule has 37 heavy (non-hydrogen) atoms. The summed E-state index contributed by atoms with van der Waals surface area (Å²) in [5.41, 5.74) is 9.59. The summed E-state index contributed by atoms with van der Waals surface area (Å²) < 4.78 is 34.0. The first-order valence-electron chi connectivity index (χ1n) is 11.4. The van der Waals surface area contributed by atoms with Gasteiger partial charge in [-0.15, -0.1) is 0 Å². The number of ether oxygens (including phenoxy) is 1. The molecule has 0 bridgehead atoms. The van der Waals surface area contributed by atoms with Gasteiger partial charge >= 0.3 is 0 Å². The third-order valence-corrected chi connectivity index (χ3v) is 6.44. The van der Waals surface area contributed by atoms with Crippen molar-refractivity contribution in [1.29, 1.82) is 0 Å². The number of anilines is 1. The maximum Gasteiger partial charge on any atom is 0.272 e. The number of aromatic nitrogens is 5. The molecule has 4 rings (SSSR count). The Labute approximate surface area is 217 Å². The highest BCUT2D eigenvalue weighted by Crippen LogP contribution is 2.43. The molecule has 194 valence electrons. The second kappa shape index (κ2) is 10.3. The molecule has 4 aromatic rings. The van der Waals surface area contributed by atoms with Crippen LogP contribution in [0.5, 0.6) is 5.75 Å². The Balaban J connectivity index is 1.92. The van der Waals surface area contributed by atoms with Crippen LogP contribution in [0.1, 0.15) is 40.3 Å². The minimum Gasteiger partial charge on any atom is -0.487 e. The first-order chi connectivity index (χ1) is 17.5. The molecule has 12 heteroatoms. The van der Waals surface area contributed by atoms with Gasteiger partial charge in [-0.25, -0.2) is 23.4 Å². The number of pyridine rings is 1. The Bertz CT molecular complexity index is 1470. The molecule has 3 aromatic heterocycles. The van der Waals surface area contributed by atoms with E-state index in [9.17, 15) is 13.6 Å². The number of hydrogen-bond acceptors (Lipinski definition) is 7. The van der Waals surface area contributed by atoms with Gasteiger partial charge in [0.25, 0.3) is 12.3 Å². The summed E-state index contributed by atoms with van der Waals surface area (Å²) in [6, 6.07) is 4.41. The molecule has 0 spiro atoms. The zero-order valence-electron chi connectivity index (χ0n) is 21.0. The molecule has 1 atom stereocenters. The highest BCUT2D eigenvalue weighted by molar-refractivity contribution is 6.32. The molecule has 0 saturated carbocycles. The topological polar surface area (TPSA) is 112 Å². The Hall–Kier alpha value is -3.86. The van der Waals surface area contributed by atoms with Crippen LogP contribution in [-0.4, -0.2) is 62.7 Å². The summed E-state index contributed by atoms with van der Waals surface area (Å²) in [6.45, 7) is 4.56. The molecule has 9 nitrogen and oxygen atoms in total. The number of nitrogen functional groups attached to an aromatic ring is 1. The molecule has 0 radical (unpaired) electrons. The van der Waals surface area contributed by atoms with Crippen molar-refractivity contribution in [2.45, 2.75) is 33.2 Å². The Morgan fingerprint density at radius 2 is 1.95 bits per heavy atom. The Kier molecular flexibility index (Phi) is 7.26. The summed E-state index contributed by atoms with van der Waals surface area (Å²) in [5.74, 6) is 0.239. The molecule has 0 aliphatic rings. The number of nitrogens with two attached hydrogens (primary N) is 1. The second-order valence-electron chi connectivity index (χ2n) is 8.77. The van der Waals surface area contributed by atoms with Gasteiger partial charge in [-0.1, -0.05) is 17.7 Å². The summed E-state index contributed by atoms with van der Waals surface area (Å²) in [7, 11) is 3.25. The summed E-state index contributed by atoms with van der Waals surface area (Å²) in [6.07, 6.45) is 0.137. The fourth-order valence-electron chi connectivity index (χ4n) is 4.17. The van der Waals surface area contributed by atoms with E-state index >= 15 is 0 Å². The van der Waals surface area contributed by atoms with Gasteiger partial charge in [0.15, 0.2) is 5.65 Å². The van der Waals surface area contributed by atoms with Crippen LogP contribution in [-0.2, 0) is 0 Å². The van der Waals surface area contributed by atoms with Crippen LogP contribution in [0.2, 0.25) is 5.02 Å². The van der Waals surface area contributed by atoms with E-state index in [2.05, 4.69) is 20.1 Å². The van der Waals surface area contributed by atoms with Gasteiger partial charge in [0, 0.05) is 42.0 Å². The van der Waals surface area contributed by atoms with Crippen molar-refractivity contribution in [2.24, 2.45) is 0 Å². The van der Waals surface area contributed by atoms with Gasteiger partial charge < -0.3 is 15.4 Å². The smallest absolute Gasteiger partial charge is 0.272 e. The van der Waals surface area contributed by atoms with Gasteiger partial charge in [-0.2, -0.15) is 5.10 Å². The Morgan fingerprint density at radius 1 is 1.22 bits per heavy atom. The normalized spacial score (nSPS) is 12.2. The van der Waals surface area contributed by atoms with Crippen LogP contribution in [0, 0.1) is 13.8 Å². The first kappa shape index (κ1) is 26.2. The quantitative estimate of drug-likeness (QED) is 0.369. The Morgan fingerprint density at radius 3 is 2.57 bits per heavy atom. The fourth-order valence-corrected chi connectivity index (χ4v) is 4.38. The number of fused-ring (bicyclic) bond motifs is 1. The van der Waals surface area contributed by atoms with Crippen LogP contribution < -0.4 is 10.5 Å². The molecule has 2 N–H and O–H groups in total. The molecular weight excluding hydrogens is 504 g/mol. The zero-order chi connectivity index (χ0) is 27.0. The van der Waals surface area contributed by atoms with Crippen molar-refractivity contribution in [2.75, 3.05) is 26.4 Å². The number of aryl methyl sites for hydroxylation is 1. The van der Waals surface area contributed by atoms with Crippen LogP contribution in [0.15, 0.2) is 30.7 Å². The number of rotatable bonds is 7. The van der Waals surface area contributed by atoms with Crippen LogP contribution >= 0.6 is 11.6 Å². The number of carbonyl (C=O) groups is 1. The minimum absolute atomic E-state index is 0.214. The number of halogens is 3. The molecule has 0 aliphatic heterocycles. The second-order valence-corrected chi connectivity index (χ2v) is 9.18. The van der Waals surface area contributed by atoms with E-state index in [0.29, 0.717) is 44.0 Å². The first-order valence-corrected chi connectivity index (χ1v) is 11.8. The zero-order valence-corrected chi connectivity index (χ0v) is 21.7. The van der Waals surface area contributed by atoms with Crippen molar-refractivity contribution >= 4 is 34.4 Å². The van der Waals surface area contributed by atoms with Gasteiger partial charge in [0.05, 0.1) is 17.1 Å². The van der Waals surface area contributed by atoms with Gasteiger partial charge in [-0.05, 0) is 38.5 Å². The standard InChI is InChI=1S/C25H26ClF2N7O2/c1-12-17(26)8-16(14(3)35-24-21(13(2)33-35)23(29)31-11-32-24)22(37-10-19(27)28)20(12)15-6-7-18(30-9-15)25(36)34(4)5/h6-9,11,14,19H,10H2,1-5H3,(H2,29,31,32). The van der Waals surface area contributed by atoms with E-state index < -0.39 is 19.1 Å². The number of nitrogens with zero attached hydrogens (tertiary/aromatic N) is 6. The van der Waals surface area contributed by atoms with E-state index in [-0.39, 0.29) is 23.2 Å². The lowest BCUT2D eigenvalue weighted by Crippen LogP contribution is -2.22. The highest BCUT2D eigenvalue weighted by Gasteiger charge is 2.26. The minimum atomic E-state index is -2.70. The van der Waals surface area contributed by atoms with Gasteiger partial charge in [0.1, 0.15) is 30.2 Å². The van der Waals surface area contributed by atoms with Crippen molar-refractivity contribution in [3.63, 3.8) is 0 Å². The monoisotopic (exact) mass is 529 g/mol. The maximum atomic E-state index is 13.3. The number of benzene rings is 1. The highest BCUT2D eigenvalue weighted by atomic mass is 35.5. The lowest BCUT2D eigenvalue weighted by molar-refractivity contribution is 0.0812. The number of hydrogen-bond donors (Lipinski definition) is 1. The predicted molar refractivity (Wildman–Crippen MR) is 137 cm³/mol. The third kappa shape index (κ3) is 4.91. The van der Waals surface area contributed by atoms with Crippen LogP contribution in [0.3, 0.4) is 0 Å². The fraction of sp³-hybridized carbons (Fsp3) is 0.320. The molecule has 3 heterocycles. The van der Waals surface area contributed by atoms with Crippen LogP contribution in [0.25, 0.3) is 22.2 Å². The summed E-state index contributed by atoms with van der Waals surface area (Å²) >= 11 is 6.65. The van der Waals surface area contributed by atoms with Crippen molar-refractivity contribution in [3.05, 3.63) is 58.3 Å². The number of amides is 1. The molecule has 0 fully saturated rings. The van der Waals surface area contributed by atoms with Crippen molar-refractivity contribution in [1.82, 2.24) is 29.6 Å². The van der Waals surface area contributed by atoms with Crippen molar-refractivity contribution < 1.29 is 18.3 Å². The molecule has 0 aliphatic carbocycles. The summed E-state index contributed by atoms with van der Waals surface area (Å²) in [4.78, 5) is 26.4.